The molecule has 0 amide bonds. The molecule has 1 heteroatoms. The predicted molar refractivity (Wildman–Crippen MR) is 48.0 cm³/mol. The van der Waals surface area contributed by atoms with Crippen LogP contribution in [0.2, 0.25) is 0 Å². The first kappa shape index (κ1) is 6.87. The normalized spacial score (nSPS) is 9.58. The molecule has 1 heterocycles. The van der Waals surface area contributed by atoms with Crippen LogP contribution in [0.4, 0.5) is 0 Å². The summed E-state index contributed by atoms with van der Waals surface area (Å²) >= 11 is 0. The van der Waals surface area contributed by atoms with Crippen LogP contribution in [0.15, 0.2) is 36.5 Å². The standard InChI is InChI=1S/C11H6N/c1-2-9-5-3-6-10-7-4-8-12-11(9)10/h3-8H. The Morgan fingerprint density at radius 2 is 2.00 bits per heavy atom. The number of nitrogens with zero attached hydrogens (tertiary/aromatic N) is 1. The van der Waals surface area contributed by atoms with Gasteiger partial charge in [-0.15, -0.1) is 0 Å². The van der Waals surface area contributed by atoms with Gasteiger partial charge in [0.25, 0.3) is 0 Å². The highest BCUT2D eigenvalue weighted by molar-refractivity contribution is 5.83. The molecule has 0 bridgehead atoms. The van der Waals surface area contributed by atoms with E-state index in [1.807, 2.05) is 30.3 Å². The van der Waals surface area contributed by atoms with Gasteiger partial charge in [-0.05, 0) is 18.6 Å². The number of rotatable bonds is 0. The lowest BCUT2D eigenvalue weighted by Crippen LogP contribution is -1.81. The third kappa shape index (κ3) is 0.943. The molecule has 0 saturated heterocycles. The lowest BCUT2D eigenvalue weighted by Gasteiger charge is -1.97. The molecule has 0 fully saturated rings. The van der Waals surface area contributed by atoms with E-state index in [1.165, 1.54) is 0 Å². The maximum absolute atomic E-state index is 7.04. The largest absolute Gasteiger partial charge is 0.255 e. The minimum atomic E-state index is 0.744. The van der Waals surface area contributed by atoms with Crippen molar-refractivity contribution in [3.8, 4) is 5.92 Å². The molecule has 55 valence electrons. The molecule has 0 spiro atoms. The number of hydrogen-bond donors (Lipinski definition) is 0. The second-order valence-electron chi connectivity index (χ2n) is 2.51. The third-order valence-corrected chi connectivity index (χ3v) is 1.77. The second-order valence-corrected chi connectivity index (χ2v) is 2.51. The van der Waals surface area contributed by atoms with Crippen LogP contribution >= 0.6 is 0 Å². The zero-order chi connectivity index (χ0) is 8.39. The lowest BCUT2D eigenvalue weighted by molar-refractivity contribution is 1.40. The first-order chi connectivity index (χ1) is 5.92. The Balaban J connectivity index is 2.91. The second kappa shape index (κ2) is 2.67. The van der Waals surface area contributed by atoms with E-state index in [0.717, 1.165) is 16.5 Å². The molecule has 1 aromatic heterocycles. The fourth-order valence-corrected chi connectivity index (χ4v) is 1.21. The molecule has 12 heavy (non-hydrogen) atoms. The van der Waals surface area contributed by atoms with Gasteiger partial charge in [-0.1, -0.05) is 24.1 Å². The number of hydrogen-bond acceptors (Lipinski definition) is 1. The Labute approximate surface area is 71.1 Å². The zero-order valence-electron chi connectivity index (χ0n) is 6.41. The smallest absolute Gasteiger partial charge is 0.0858 e. The molecule has 0 aliphatic heterocycles. The highest BCUT2D eigenvalue weighted by atomic mass is 14.6. The number of aromatic nitrogens is 1. The molecule has 0 aliphatic carbocycles. The molecule has 0 saturated carbocycles. The number of fused-ring (bicyclic) bond motifs is 1. The SMILES string of the molecule is [C]#Cc1cccc2cccnc12. The molecule has 1 aromatic carbocycles. The number of pyridine rings is 1. The summed E-state index contributed by atoms with van der Waals surface area (Å²) in [4.78, 5) is 4.17. The van der Waals surface area contributed by atoms with E-state index in [0.29, 0.717) is 0 Å². The summed E-state index contributed by atoms with van der Waals surface area (Å²) < 4.78 is 0. The topological polar surface area (TPSA) is 12.9 Å². The van der Waals surface area contributed by atoms with E-state index in [4.69, 9.17) is 6.42 Å². The van der Waals surface area contributed by atoms with Crippen LogP contribution in [-0.2, 0) is 0 Å². The van der Waals surface area contributed by atoms with Crippen molar-refractivity contribution in [2.24, 2.45) is 0 Å². The molecule has 0 aliphatic rings. The summed E-state index contributed by atoms with van der Waals surface area (Å²) in [5.41, 5.74) is 1.59. The first-order valence-corrected chi connectivity index (χ1v) is 3.68. The molecular formula is C11H6N. The van der Waals surface area contributed by atoms with E-state index >= 15 is 0 Å². The van der Waals surface area contributed by atoms with E-state index in [9.17, 15) is 0 Å². The van der Waals surface area contributed by atoms with Crippen molar-refractivity contribution in [2.45, 2.75) is 0 Å². The average molecular weight is 152 g/mol. The summed E-state index contributed by atoms with van der Waals surface area (Å²) in [6.45, 7) is 0. The Morgan fingerprint density at radius 3 is 2.83 bits per heavy atom. The van der Waals surface area contributed by atoms with Crippen LogP contribution in [-0.4, -0.2) is 4.98 Å². The van der Waals surface area contributed by atoms with Crippen LogP contribution in [0.25, 0.3) is 10.9 Å². The fourth-order valence-electron chi connectivity index (χ4n) is 1.21. The fraction of sp³-hybridized carbons (Fsp3) is 0. The van der Waals surface area contributed by atoms with E-state index in [1.54, 1.807) is 6.20 Å². The van der Waals surface area contributed by atoms with Gasteiger partial charge in [-0.3, -0.25) is 4.98 Å². The highest BCUT2D eigenvalue weighted by Crippen LogP contribution is 2.14. The summed E-state index contributed by atoms with van der Waals surface area (Å²) in [5.74, 6) is 2.36. The van der Waals surface area contributed by atoms with Gasteiger partial charge in [0.15, 0.2) is 0 Å². The quantitative estimate of drug-likeness (QED) is 0.527. The Hall–Kier alpha value is -1.81. The van der Waals surface area contributed by atoms with Crippen LogP contribution in [0.3, 0.4) is 0 Å². The van der Waals surface area contributed by atoms with Crippen LogP contribution in [0, 0.1) is 12.3 Å². The number of para-hydroxylation sites is 1. The van der Waals surface area contributed by atoms with Gasteiger partial charge in [0, 0.05) is 11.6 Å². The van der Waals surface area contributed by atoms with Crippen molar-refractivity contribution in [3.63, 3.8) is 0 Å². The summed E-state index contributed by atoms with van der Waals surface area (Å²) in [7, 11) is 0. The predicted octanol–water partition coefficient (Wildman–Crippen LogP) is 2.17. The van der Waals surface area contributed by atoms with E-state index in [2.05, 4.69) is 10.9 Å². The van der Waals surface area contributed by atoms with Crippen LogP contribution in [0.5, 0.6) is 0 Å². The molecule has 0 unspecified atom stereocenters. The maximum atomic E-state index is 7.04. The van der Waals surface area contributed by atoms with Gasteiger partial charge >= 0.3 is 0 Å². The minimum Gasteiger partial charge on any atom is -0.255 e. The van der Waals surface area contributed by atoms with Crippen molar-refractivity contribution in [2.75, 3.05) is 0 Å². The lowest BCUT2D eigenvalue weighted by atomic mass is 10.1. The highest BCUT2D eigenvalue weighted by Gasteiger charge is 1.96. The minimum absolute atomic E-state index is 0.744. The maximum Gasteiger partial charge on any atom is 0.0858 e. The average Bonchev–Trinajstić information content (AvgIpc) is 2.17. The van der Waals surface area contributed by atoms with Crippen molar-refractivity contribution < 1.29 is 0 Å². The van der Waals surface area contributed by atoms with Gasteiger partial charge in [-0.2, -0.15) is 0 Å². The van der Waals surface area contributed by atoms with Crippen LogP contribution < -0.4 is 0 Å². The molecule has 2 rings (SSSR count). The molecule has 2 aromatic rings. The Morgan fingerprint density at radius 1 is 1.17 bits per heavy atom. The van der Waals surface area contributed by atoms with E-state index in [-0.39, 0.29) is 0 Å². The summed E-state index contributed by atoms with van der Waals surface area (Å²) in [6, 6.07) is 9.58. The molecule has 0 atom stereocenters. The van der Waals surface area contributed by atoms with Crippen LogP contribution in [0.1, 0.15) is 5.56 Å². The molecule has 1 radical (unpaired) electrons. The van der Waals surface area contributed by atoms with Crippen molar-refractivity contribution in [1.82, 2.24) is 4.98 Å². The van der Waals surface area contributed by atoms with Crippen molar-refractivity contribution in [3.05, 3.63) is 48.5 Å². The van der Waals surface area contributed by atoms with Gasteiger partial charge in [0.1, 0.15) is 0 Å². The van der Waals surface area contributed by atoms with Crippen molar-refractivity contribution in [1.29, 1.82) is 0 Å². The van der Waals surface area contributed by atoms with Gasteiger partial charge in [0.2, 0.25) is 0 Å². The van der Waals surface area contributed by atoms with E-state index < -0.39 is 0 Å². The molecule has 0 N–H and O–H groups in total. The number of benzene rings is 1. The summed E-state index contributed by atoms with van der Waals surface area (Å²) in [5, 5.41) is 1.05. The molecular weight excluding hydrogens is 146 g/mol. The third-order valence-electron chi connectivity index (χ3n) is 1.77. The zero-order valence-corrected chi connectivity index (χ0v) is 6.41. The Bertz CT molecular complexity index is 447. The van der Waals surface area contributed by atoms with Gasteiger partial charge in [0.05, 0.1) is 11.1 Å². The van der Waals surface area contributed by atoms with Gasteiger partial charge in [-0.25, -0.2) is 0 Å². The van der Waals surface area contributed by atoms with Gasteiger partial charge < -0.3 is 0 Å². The summed E-state index contributed by atoms with van der Waals surface area (Å²) in [6.07, 6.45) is 8.76. The monoisotopic (exact) mass is 152 g/mol. The van der Waals surface area contributed by atoms with Crippen molar-refractivity contribution >= 4 is 10.9 Å². The Kier molecular flexibility index (Phi) is 1.53. The first-order valence-electron chi connectivity index (χ1n) is 3.68. The molecule has 1 nitrogen and oxygen atoms in total.